The molecule has 0 saturated heterocycles. The Hall–Kier alpha value is -2.45. The van der Waals surface area contributed by atoms with Gasteiger partial charge in [-0.3, -0.25) is 14.5 Å². The van der Waals surface area contributed by atoms with Crippen molar-refractivity contribution in [2.24, 2.45) is 0 Å². The lowest BCUT2D eigenvalue weighted by atomic mass is 10.1. The van der Waals surface area contributed by atoms with E-state index in [0.717, 1.165) is 23.5 Å². The van der Waals surface area contributed by atoms with E-state index < -0.39 is 0 Å². The molecule has 0 unspecified atom stereocenters. The van der Waals surface area contributed by atoms with Crippen molar-refractivity contribution in [1.29, 1.82) is 0 Å². The van der Waals surface area contributed by atoms with Crippen LogP contribution in [0.1, 0.15) is 33.6 Å². The Kier molecular flexibility index (Phi) is 4.85. The summed E-state index contributed by atoms with van der Waals surface area (Å²) in [6.07, 6.45) is 1.58. The first-order valence-corrected chi connectivity index (χ1v) is 10.1. The maximum absolute atomic E-state index is 12.3. The molecule has 0 bridgehead atoms. The van der Waals surface area contributed by atoms with Crippen molar-refractivity contribution < 1.29 is 14.0 Å². The molecule has 0 radical (unpaired) electrons. The van der Waals surface area contributed by atoms with Gasteiger partial charge < -0.3 is 4.42 Å². The second kappa shape index (κ2) is 7.43. The molecule has 3 aromatic rings. The number of hydrogen-bond acceptors (Lipinski definition) is 7. The summed E-state index contributed by atoms with van der Waals surface area (Å²) in [5.74, 6) is 0.926. The van der Waals surface area contributed by atoms with Crippen molar-refractivity contribution in [2.75, 3.05) is 12.3 Å². The average Bonchev–Trinajstić information content (AvgIpc) is 3.38. The molecule has 8 heteroatoms. The SMILES string of the molecule is O=C1c2ccccc2C(=O)N1CCCCSc1nnc(-c2cccs2)o1. The Balaban J connectivity index is 1.24. The van der Waals surface area contributed by atoms with Crippen LogP contribution in [0, 0.1) is 0 Å². The molecule has 0 N–H and O–H groups in total. The van der Waals surface area contributed by atoms with Crippen molar-refractivity contribution in [3.63, 3.8) is 0 Å². The van der Waals surface area contributed by atoms with E-state index in [1.165, 1.54) is 16.7 Å². The van der Waals surface area contributed by atoms with Crippen LogP contribution in [0.5, 0.6) is 0 Å². The molecule has 1 aliphatic rings. The highest BCUT2D eigenvalue weighted by molar-refractivity contribution is 7.99. The van der Waals surface area contributed by atoms with Gasteiger partial charge in [0.1, 0.15) is 0 Å². The van der Waals surface area contributed by atoms with Crippen molar-refractivity contribution >= 4 is 34.9 Å². The highest BCUT2D eigenvalue weighted by Crippen LogP contribution is 2.27. The number of aromatic nitrogens is 2. The first kappa shape index (κ1) is 17.0. The van der Waals surface area contributed by atoms with Crippen LogP contribution in [0.15, 0.2) is 51.4 Å². The highest BCUT2D eigenvalue weighted by atomic mass is 32.2. The van der Waals surface area contributed by atoms with Gasteiger partial charge in [0.15, 0.2) is 0 Å². The minimum Gasteiger partial charge on any atom is -0.410 e. The summed E-state index contributed by atoms with van der Waals surface area (Å²) in [7, 11) is 0. The van der Waals surface area contributed by atoms with Gasteiger partial charge in [0.2, 0.25) is 0 Å². The van der Waals surface area contributed by atoms with E-state index in [4.69, 9.17) is 4.42 Å². The highest BCUT2D eigenvalue weighted by Gasteiger charge is 2.34. The van der Waals surface area contributed by atoms with E-state index in [2.05, 4.69) is 10.2 Å². The molecule has 3 heterocycles. The quantitative estimate of drug-likeness (QED) is 0.348. The van der Waals surface area contributed by atoms with Gasteiger partial charge in [-0.1, -0.05) is 30.0 Å². The maximum Gasteiger partial charge on any atom is 0.276 e. The minimum atomic E-state index is -0.198. The lowest BCUT2D eigenvalue weighted by molar-refractivity contribution is 0.0652. The number of amides is 2. The van der Waals surface area contributed by atoms with Crippen LogP contribution in [0.4, 0.5) is 0 Å². The molecule has 0 atom stereocenters. The molecule has 4 rings (SSSR count). The van der Waals surface area contributed by atoms with Gasteiger partial charge in [0, 0.05) is 12.3 Å². The van der Waals surface area contributed by atoms with Gasteiger partial charge in [0.05, 0.1) is 16.0 Å². The molecular formula is C18H15N3O3S2. The predicted octanol–water partition coefficient (Wildman–Crippen LogP) is 3.97. The summed E-state index contributed by atoms with van der Waals surface area (Å²) >= 11 is 3.04. The fourth-order valence-electron chi connectivity index (χ4n) is 2.74. The van der Waals surface area contributed by atoms with Crippen LogP contribution in [0.2, 0.25) is 0 Å². The van der Waals surface area contributed by atoms with E-state index >= 15 is 0 Å². The summed E-state index contributed by atoms with van der Waals surface area (Å²) < 4.78 is 5.62. The minimum absolute atomic E-state index is 0.198. The van der Waals surface area contributed by atoms with Crippen molar-refractivity contribution in [2.45, 2.75) is 18.1 Å². The third kappa shape index (κ3) is 3.30. The molecule has 0 saturated carbocycles. The van der Waals surface area contributed by atoms with E-state index in [1.54, 1.807) is 35.6 Å². The van der Waals surface area contributed by atoms with Crippen molar-refractivity contribution in [1.82, 2.24) is 15.1 Å². The largest absolute Gasteiger partial charge is 0.410 e. The summed E-state index contributed by atoms with van der Waals surface area (Å²) in [6.45, 7) is 0.428. The Morgan fingerprint density at radius 1 is 1.00 bits per heavy atom. The lowest BCUT2D eigenvalue weighted by Gasteiger charge is -2.13. The molecule has 2 amide bonds. The number of rotatable bonds is 7. The molecule has 6 nitrogen and oxygen atoms in total. The lowest BCUT2D eigenvalue weighted by Crippen LogP contribution is -2.30. The number of hydrogen-bond donors (Lipinski definition) is 0. The first-order chi connectivity index (χ1) is 12.7. The van der Waals surface area contributed by atoms with Crippen molar-refractivity contribution in [3.05, 3.63) is 52.9 Å². The van der Waals surface area contributed by atoms with E-state index in [-0.39, 0.29) is 11.8 Å². The van der Waals surface area contributed by atoms with Crippen LogP contribution in [-0.2, 0) is 0 Å². The maximum atomic E-state index is 12.3. The number of imide groups is 1. The van der Waals surface area contributed by atoms with Crippen LogP contribution >= 0.6 is 23.1 Å². The number of nitrogens with zero attached hydrogens (tertiary/aromatic N) is 3. The third-order valence-corrected chi connectivity index (χ3v) is 5.78. The monoisotopic (exact) mass is 385 g/mol. The topological polar surface area (TPSA) is 76.3 Å². The molecule has 26 heavy (non-hydrogen) atoms. The van der Waals surface area contributed by atoms with Gasteiger partial charge in [-0.15, -0.1) is 21.5 Å². The zero-order valence-electron chi connectivity index (χ0n) is 13.8. The van der Waals surface area contributed by atoms with E-state index in [9.17, 15) is 9.59 Å². The first-order valence-electron chi connectivity index (χ1n) is 8.19. The molecule has 0 aliphatic carbocycles. The fourth-order valence-corrected chi connectivity index (χ4v) is 4.15. The molecule has 1 aromatic carbocycles. The third-order valence-electron chi connectivity index (χ3n) is 4.02. The second-order valence-corrected chi connectivity index (χ2v) is 7.71. The summed E-state index contributed by atoms with van der Waals surface area (Å²) in [6, 6.07) is 10.8. The molecule has 2 aromatic heterocycles. The van der Waals surface area contributed by atoms with Crippen LogP contribution < -0.4 is 0 Å². The number of fused-ring (bicyclic) bond motifs is 1. The Morgan fingerprint density at radius 3 is 2.46 bits per heavy atom. The fraction of sp³-hybridized carbons (Fsp3) is 0.222. The zero-order valence-corrected chi connectivity index (χ0v) is 15.4. The molecular weight excluding hydrogens is 370 g/mol. The molecule has 0 spiro atoms. The zero-order chi connectivity index (χ0) is 17.9. The summed E-state index contributed by atoms with van der Waals surface area (Å²) in [4.78, 5) is 26.8. The number of unbranched alkanes of at least 4 members (excludes halogenated alkanes) is 1. The smallest absolute Gasteiger partial charge is 0.276 e. The van der Waals surface area contributed by atoms with Gasteiger partial charge in [-0.25, -0.2) is 0 Å². The van der Waals surface area contributed by atoms with Crippen molar-refractivity contribution in [3.8, 4) is 10.8 Å². The van der Waals surface area contributed by atoms with E-state index in [1.807, 2.05) is 17.5 Å². The Bertz CT molecular complexity index is 902. The van der Waals surface area contributed by atoms with Crippen LogP contribution in [0.25, 0.3) is 10.8 Å². The molecule has 0 fully saturated rings. The number of thioether (sulfide) groups is 1. The van der Waals surface area contributed by atoms with Crippen LogP contribution in [0.3, 0.4) is 0 Å². The van der Waals surface area contributed by atoms with Gasteiger partial charge in [-0.05, 0) is 36.4 Å². The molecule has 1 aliphatic heterocycles. The number of thiophene rings is 1. The van der Waals surface area contributed by atoms with Gasteiger partial charge in [-0.2, -0.15) is 0 Å². The average molecular weight is 385 g/mol. The summed E-state index contributed by atoms with van der Waals surface area (Å²) in [5, 5.41) is 10.6. The molecule has 132 valence electrons. The summed E-state index contributed by atoms with van der Waals surface area (Å²) in [5.41, 5.74) is 0.998. The van der Waals surface area contributed by atoms with Gasteiger partial charge >= 0.3 is 0 Å². The standard InChI is InChI=1S/C18H15N3O3S2/c22-16-12-6-1-2-7-13(12)17(23)21(16)9-3-4-10-26-18-20-19-15(24-18)14-8-5-11-25-14/h1-2,5-8,11H,3-4,9-10H2. The normalized spacial score (nSPS) is 13.5. The predicted molar refractivity (Wildman–Crippen MR) is 99.4 cm³/mol. The number of carbonyl (C=O) groups excluding carboxylic acids is 2. The second-order valence-electron chi connectivity index (χ2n) is 5.71. The van der Waals surface area contributed by atoms with Crippen LogP contribution in [-0.4, -0.2) is 39.2 Å². The number of carbonyl (C=O) groups is 2. The van der Waals surface area contributed by atoms with Gasteiger partial charge in [0.25, 0.3) is 22.9 Å². The Labute approximate surface area is 158 Å². The Morgan fingerprint density at radius 2 is 1.77 bits per heavy atom. The van der Waals surface area contributed by atoms with E-state index in [0.29, 0.717) is 28.8 Å². The number of benzene rings is 1.